The molecule has 0 fully saturated rings. The van der Waals surface area contributed by atoms with E-state index in [9.17, 15) is 0 Å². The van der Waals surface area contributed by atoms with Gasteiger partial charge >= 0.3 is 0 Å². The van der Waals surface area contributed by atoms with Crippen molar-refractivity contribution in [2.45, 2.75) is 64.5 Å². The van der Waals surface area contributed by atoms with Gasteiger partial charge in [0.15, 0.2) is 0 Å². The van der Waals surface area contributed by atoms with Gasteiger partial charge in [-0.3, -0.25) is 0 Å². The van der Waals surface area contributed by atoms with Gasteiger partial charge in [0.1, 0.15) is 0 Å². The maximum atomic E-state index is 5.54. The van der Waals surface area contributed by atoms with Crippen LogP contribution in [0.15, 0.2) is 6.07 Å². The number of thiophene rings is 1. The molecule has 108 valence electrons. The molecule has 0 amide bonds. The molecular weight excluding hydrogens is 254 g/mol. The smallest absolute Gasteiger partial charge is 0.0623 e. The van der Waals surface area contributed by atoms with Gasteiger partial charge in [0, 0.05) is 22.9 Å². The van der Waals surface area contributed by atoms with Gasteiger partial charge in [-0.25, -0.2) is 0 Å². The third-order valence-corrected chi connectivity index (χ3v) is 5.50. The standard InChI is InChI=1S/C16H27NOS/c1-5-17-13(9-10-16(2,3)18-4)15-11-12-7-6-8-14(12)19-15/h11,13,17H,5-10H2,1-4H3. The van der Waals surface area contributed by atoms with E-state index in [-0.39, 0.29) is 5.60 Å². The van der Waals surface area contributed by atoms with E-state index in [0.717, 1.165) is 19.4 Å². The first-order valence-corrected chi connectivity index (χ1v) is 8.27. The van der Waals surface area contributed by atoms with Crippen molar-refractivity contribution in [2.75, 3.05) is 13.7 Å². The number of methoxy groups -OCH3 is 1. The van der Waals surface area contributed by atoms with E-state index in [2.05, 4.69) is 32.2 Å². The number of hydrogen-bond acceptors (Lipinski definition) is 3. The molecule has 0 bridgehead atoms. The average Bonchev–Trinajstić information content (AvgIpc) is 2.95. The summed E-state index contributed by atoms with van der Waals surface area (Å²) in [6.45, 7) is 7.56. The summed E-state index contributed by atoms with van der Waals surface area (Å²) in [5, 5.41) is 3.64. The third-order valence-electron chi connectivity index (χ3n) is 4.15. The van der Waals surface area contributed by atoms with Crippen LogP contribution in [0.3, 0.4) is 0 Å². The molecule has 1 aromatic heterocycles. The van der Waals surface area contributed by atoms with Gasteiger partial charge in [0.2, 0.25) is 0 Å². The monoisotopic (exact) mass is 281 g/mol. The normalized spacial score (nSPS) is 16.6. The molecule has 0 radical (unpaired) electrons. The second-order valence-corrected chi connectivity index (χ2v) is 7.23. The Morgan fingerprint density at radius 2 is 2.21 bits per heavy atom. The molecule has 1 atom stereocenters. The van der Waals surface area contributed by atoms with Crippen molar-refractivity contribution < 1.29 is 4.74 Å². The Morgan fingerprint density at radius 1 is 1.42 bits per heavy atom. The first-order chi connectivity index (χ1) is 9.05. The number of hydrogen-bond donors (Lipinski definition) is 1. The van der Waals surface area contributed by atoms with Crippen LogP contribution in [0.5, 0.6) is 0 Å². The predicted octanol–water partition coefficient (Wildman–Crippen LogP) is 4.09. The second-order valence-electron chi connectivity index (χ2n) is 6.06. The fourth-order valence-corrected chi connectivity index (χ4v) is 4.08. The topological polar surface area (TPSA) is 21.3 Å². The summed E-state index contributed by atoms with van der Waals surface area (Å²) in [4.78, 5) is 3.15. The summed E-state index contributed by atoms with van der Waals surface area (Å²) >= 11 is 2.02. The molecule has 1 aliphatic carbocycles. The Labute approximate surface area is 121 Å². The van der Waals surface area contributed by atoms with Gasteiger partial charge in [-0.05, 0) is 64.1 Å². The first-order valence-electron chi connectivity index (χ1n) is 7.45. The van der Waals surface area contributed by atoms with Crippen molar-refractivity contribution >= 4 is 11.3 Å². The van der Waals surface area contributed by atoms with Crippen LogP contribution in [0, 0.1) is 0 Å². The Balaban J connectivity index is 2.02. The molecule has 1 heterocycles. The van der Waals surface area contributed by atoms with Gasteiger partial charge in [-0.15, -0.1) is 11.3 Å². The lowest BCUT2D eigenvalue weighted by Gasteiger charge is -2.26. The number of fused-ring (bicyclic) bond motifs is 1. The maximum Gasteiger partial charge on any atom is 0.0623 e. The molecule has 0 aromatic carbocycles. The first kappa shape index (κ1) is 15.0. The highest BCUT2D eigenvalue weighted by Crippen LogP contribution is 2.36. The lowest BCUT2D eigenvalue weighted by molar-refractivity contribution is 0.0118. The highest BCUT2D eigenvalue weighted by Gasteiger charge is 2.23. The number of rotatable bonds is 7. The van der Waals surface area contributed by atoms with E-state index in [1.807, 2.05) is 18.4 Å². The molecule has 2 rings (SSSR count). The highest BCUT2D eigenvalue weighted by atomic mass is 32.1. The molecule has 1 N–H and O–H groups in total. The van der Waals surface area contributed by atoms with E-state index >= 15 is 0 Å². The molecule has 1 aliphatic rings. The van der Waals surface area contributed by atoms with Gasteiger partial charge in [-0.1, -0.05) is 6.92 Å². The van der Waals surface area contributed by atoms with Crippen LogP contribution in [-0.2, 0) is 17.6 Å². The largest absolute Gasteiger partial charge is 0.379 e. The van der Waals surface area contributed by atoms with Crippen LogP contribution in [0.4, 0.5) is 0 Å². The quantitative estimate of drug-likeness (QED) is 0.812. The average molecular weight is 281 g/mol. The summed E-state index contributed by atoms with van der Waals surface area (Å²) in [6.07, 6.45) is 6.17. The van der Waals surface area contributed by atoms with E-state index in [1.165, 1.54) is 24.1 Å². The van der Waals surface area contributed by atoms with Crippen molar-refractivity contribution in [3.05, 3.63) is 21.4 Å². The van der Waals surface area contributed by atoms with Crippen LogP contribution in [-0.4, -0.2) is 19.3 Å². The molecular formula is C16H27NOS. The molecule has 0 aliphatic heterocycles. The summed E-state index contributed by atoms with van der Waals surface area (Å²) in [5.41, 5.74) is 1.59. The zero-order valence-electron chi connectivity index (χ0n) is 12.7. The highest BCUT2D eigenvalue weighted by molar-refractivity contribution is 7.12. The van der Waals surface area contributed by atoms with Crippen molar-refractivity contribution in [2.24, 2.45) is 0 Å². The van der Waals surface area contributed by atoms with Crippen LogP contribution in [0.1, 0.15) is 61.4 Å². The summed E-state index contributed by atoms with van der Waals surface area (Å²) < 4.78 is 5.54. The molecule has 0 spiro atoms. The fourth-order valence-electron chi connectivity index (χ4n) is 2.71. The lowest BCUT2D eigenvalue weighted by Crippen LogP contribution is -2.27. The zero-order chi connectivity index (χ0) is 13.9. The maximum absolute atomic E-state index is 5.54. The van der Waals surface area contributed by atoms with Crippen molar-refractivity contribution in [3.8, 4) is 0 Å². The molecule has 0 saturated heterocycles. The second kappa shape index (κ2) is 6.38. The minimum absolute atomic E-state index is 0.0202. The number of aryl methyl sites for hydroxylation is 2. The van der Waals surface area contributed by atoms with E-state index in [4.69, 9.17) is 4.74 Å². The Kier molecular flexibility index (Phi) is 5.04. The van der Waals surface area contributed by atoms with Crippen molar-refractivity contribution in [3.63, 3.8) is 0 Å². The Hall–Kier alpha value is -0.380. The molecule has 3 heteroatoms. The lowest BCUT2D eigenvalue weighted by atomic mass is 9.98. The third kappa shape index (κ3) is 3.80. The molecule has 1 unspecified atom stereocenters. The molecule has 1 aromatic rings. The number of ether oxygens (including phenoxy) is 1. The Morgan fingerprint density at radius 3 is 2.84 bits per heavy atom. The number of nitrogens with one attached hydrogen (secondary N) is 1. The van der Waals surface area contributed by atoms with E-state index in [0.29, 0.717) is 6.04 Å². The molecule has 19 heavy (non-hydrogen) atoms. The summed E-state index contributed by atoms with van der Waals surface area (Å²) in [7, 11) is 1.81. The minimum atomic E-state index is -0.0202. The fraction of sp³-hybridized carbons (Fsp3) is 0.750. The Bertz CT molecular complexity index is 389. The van der Waals surface area contributed by atoms with Crippen molar-refractivity contribution in [1.82, 2.24) is 5.32 Å². The van der Waals surface area contributed by atoms with E-state index < -0.39 is 0 Å². The molecule has 0 saturated carbocycles. The van der Waals surface area contributed by atoms with Crippen LogP contribution in [0.25, 0.3) is 0 Å². The SMILES string of the molecule is CCNC(CCC(C)(C)OC)c1cc2c(s1)CCC2. The minimum Gasteiger partial charge on any atom is -0.379 e. The van der Waals surface area contributed by atoms with E-state index in [1.54, 1.807) is 10.4 Å². The van der Waals surface area contributed by atoms with Crippen LogP contribution < -0.4 is 5.32 Å². The van der Waals surface area contributed by atoms with Gasteiger partial charge < -0.3 is 10.1 Å². The predicted molar refractivity (Wildman–Crippen MR) is 83.1 cm³/mol. The van der Waals surface area contributed by atoms with Crippen LogP contribution in [0.2, 0.25) is 0 Å². The summed E-state index contributed by atoms with van der Waals surface area (Å²) in [6, 6.07) is 2.94. The van der Waals surface area contributed by atoms with Crippen molar-refractivity contribution in [1.29, 1.82) is 0 Å². The molecule has 2 nitrogen and oxygen atoms in total. The van der Waals surface area contributed by atoms with Crippen LogP contribution >= 0.6 is 11.3 Å². The van der Waals surface area contributed by atoms with Gasteiger partial charge in [-0.2, -0.15) is 0 Å². The summed E-state index contributed by atoms with van der Waals surface area (Å²) in [5.74, 6) is 0. The van der Waals surface area contributed by atoms with Gasteiger partial charge in [0.25, 0.3) is 0 Å². The van der Waals surface area contributed by atoms with Gasteiger partial charge in [0.05, 0.1) is 5.60 Å². The zero-order valence-corrected chi connectivity index (χ0v) is 13.5.